The fraction of sp³-hybridized carbons (Fsp3) is 0.692. The zero-order valence-electron chi connectivity index (χ0n) is 11.1. The standard InChI is InChI=1S/C13H21IN4/c1-3-18(4-2)8-7-10-16-12(9-5-6-9)11(14)13(15)17-10/h9H,3-8H2,1-2H3,(H2,15,16,17). The molecule has 5 heteroatoms. The van der Waals surface area contributed by atoms with Gasteiger partial charge in [0, 0.05) is 18.9 Å². The van der Waals surface area contributed by atoms with Gasteiger partial charge in [-0.15, -0.1) is 0 Å². The summed E-state index contributed by atoms with van der Waals surface area (Å²) < 4.78 is 1.06. The van der Waals surface area contributed by atoms with Crippen molar-refractivity contribution in [1.82, 2.24) is 14.9 Å². The van der Waals surface area contributed by atoms with Crippen molar-refractivity contribution in [1.29, 1.82) is 0 Å². The van der Waals surface area contributed by atoms with Gasteiger partial charge >= 0.3 is 0 Å². The predicted molar refractivity (Wildman–Crippen MR) is 82.6 cm³/mol. The summed E-state index contributed by atoms with van der Waals surface area (Å²) in [4.78, 5) is 11.5. The van der Waals surface area contributed by atoms with Gasteiger partial charge in [-0.25, -0.2) is 9.97 Å². The molecule has 0 atom stereocenters. The van der Waals surface area contributed by atoms with E-state index in [2.05, 4.69) is 46.3 Å². The number of nitrogen functional groups attached to an aromatic ring is 1. The van der Waals surface area contributed by atoms with Crippen molar-refractivity contribution in [2.45, 2.75) is 39.0 Å². The Morgan fingerprint density at radius 2 is 1.94 bits per heavy atom. The summed E-state index contributed by atoms with van der Waals surface area (Å²) in [7, 11) is 0. The van der Waals surface area contributed by atoms with Crippen LogP contribution >= 0.6 is 22.6 Å². The number of rotatable bonds is 6. The maximum Gasteiger partial charge on any atom is 0.140 e. The molecule has 18 heavy (non-hydrogen) atoms. The average molecular weight is 360 g/mol. The van der Waals surface area contributed by atoms with Crippen LogP contribution in [0, 0.1) is 3.57 Å². The fourth-order valence-electron chi connectivity index (χ4n) is 2.07. The SMILES string of the molecule is CCN(CC)CCc1nc(N)c(I)c(C2CC2)n1. The van der Waals surface area contributed by atoms with Gasteiger partial charge in [-0.3, -0.25) is 0 Å². The zero-order valence-corrected chi connectivity index (χ0v) is 13.3. The lowest BCUT2D eigenvalue weighted by atomic mass is 10.2. The summed E-state index contributed by atoms with van der Waals surface area (Å²) in [5.41, 5.74) is 7.16. The smallest absolute Gasteiger partial charge is 0.140 e. The topological polar surface area (TPSA) is 55.0 Å². The average Bonchev–Trinajstić information content (AvgIpc) is 3.18. The first-order valence-electron chi connectivity index (χ1n) is 6.69. The minimum Gasteiger partial charge on any atom is -0.383 e. The molecule has 0 aliphatic heterocycles. The van der Waals surface area contributed by atoms with E-state index in [9.17, 15) is 0 Å². The second kappa shape index (κ2) is 6.14. The van der Waals surface area contributed by atoms with Gasteiger partial charge in [0.25, 0.3) is 0 Å². The van der Waals surface area contributed by atoms with E-state index in [0.29, 0.717) is 11.7 Å². The van der Waals surface area contributed by atoms with Crippen LogP contribution < -0.4 is 5.73 Å². The van der Waals surface area contributed by atoms with Crippen LogP contribution in [0.4, 0.5) is 5.82 Å². The molecule has 0 amide bonds. The van der Waals surface area contributed by atoms with Gasteiger partial charge in [-0.1, -0.05) is 13.8 Å². The van der Waals surface area contributed by atoms with E-state index in [1.807, 2.05) is 0 Å². The van der Waals surface area contributed by atoms with E-state index in [1.54, 1.807) is 0 Å². The number of nitrogens with zero attached hydrogens (tertiary/aromatic N) is 3. The minimum atomic E-state index is 0.634. The quantitative estimate of drug-likeness (QED) is 0.792. The monoisotopic (exact) mass is 360 g/mol. The van der Waals surface area contributed by atoms with Gasteiger partial charge in [0.2, 0.25) is 0 Å². The summed E-state index contributed by atoms with van der Waals surface area (Å²) in [6.07, 6.45) is 3.40. The largest absolute Gasteiger partial charge is 0.383 e. The molecule has 2 N–H and O–H groups in total. The third kappa shape index (κ3) is 3.32. The maximum atomic E-state index is 5.99. The zero-order chi connectivity index (χ0) is 13.1. The van der Waals surface area contributed by atoms with Crippen LogP contribution in [0.15, 0.2) is 0 Å². The van der Waals surface area contributed by atoms with Crippen molar-refractivity contribution in [2.24, 2.45) is 0 Å². The fourth-order valence-corrected chi connectivity index (χ4v) is 2.75. The van der Waals surface area contributed by atoms with Crippen LogP contribution in [-0.2, 0) is 6.42 Å². The Morgan fingerprint density at radius 1 is 1.28 bits per heavy atom. The molecule has 0 spiro atoms. The molecule has 0 bridgehead atoms. The van der Waals surface area contributed by atoms with Gasteiger partial charge < -0.3 is 10.6 Å². The number of anilines is 1. The van der Waals surface area contributed by atoms with E-state index in [4.69, 9.17) is 10.7 Å². The number of hydrogen-bond acceptors (Lipinski definition) is 4. The van der Waals surface area contributed by atoms with Gasteiger partial charge in [0.1, 0.15) is 11.6 Å². The Bertz CT molecular complexity index is 414. The molecule has 0 radical (unpaired) electrons. The molecule has 4 nitrogen and oxygen atoms in total. The second-order valence-corrected chi connectivity index (χ2v) is 5.85. The van der Waals surface area contributed by atoms with Crippen molar-refractivity contribution in [3.05, 3.63) is 15.1 Å². The maximum absolute atomic E-state index is 5.99. The normalized spacial score (nSPS) is 15.3. The number of halogens is 1. The van der Waals surface area contributed by atoms with Crippen molar-refractivity contribution in [3.8, 4) is 0 Å². The molecule has 1 fully saturated rings. The number of likely N-dealkylation sites (N-methyl/N-ethyl adjacent to an activating group) is 1. The Balaban J connectivity index is 2.08. The van der Waals surface area contributed by atoms with Gasteiger partial charge in [-0.2, -0.15) is 0 Å². The minimum absolute atomic E-state index is 0.634. The molecule has 0 saturated heterocycles. The van der Waals surface area contributed by atoms with Crippen LogP contribution in [0.1, 0.15) is 44.1 Å². The van der Waals surface area contributed by atoms with Crippen molar-refractivity contribution in [2.75, 3.05) is 25.4 Å². The summed E-state index contributed by atoms with van der Waals surface area (Å²) in [6.45, 7) is 7.53. The first-order valence-corrected chi connectivity index (χ1v) is 7.77. The highest BCUT2D eigenvalue weighted by molar-refractivity contribution is 14.1. The summed E-state index contributed by atoms with van der Waals surface area (Å²) >= 11 is 2.27. The molecule has 1 aliphatic carbocycles. The van der Waals surface area contributed by atoms with E-state index >= 15 is 0 Å². The number of aromatic nitrogens is 2. The Morgan fingerprint density at radius 3 is 2.50 bits per heavy atom. The third-order valence-corrected chi connectivity index (χ3v) is 4.56. The van der Waals surface area contributed by atoms with Crippen LogP contribution in [-0.4, -0.2) is 34.5 Å². The lowest BCUT2D eigenvalue weighted by molar-refractivity contribution is 0.305. The van der Waals surface area contributed by atoms with Gasteiger partial charge in [0.15, 0.2) is 0 Å². The van der Waals surface area contributed by atoms with Crippen molar-refractivity contribution >= 4 is 28.4 Å². The molecule has 1 aromatic heterocycles. The molecule has 0 unspecified atom stereocenters. The summed E-state index contributed by atoms with van der Waals surface area (Å²) in [6, 6.07) is 0. The van der Waals surface area contributed by atoms with E-state index in [-0.39, 0.29) is 0 Å². The third-order valence-electron chi connectivity index (χ3n) is 3.46. The summed E-state index contributed by atoms with van der Waals surface area (Å²) in [5, 5.41) is 0. The molecule has 1 aliphatic rings. The molecule has 2 rings (SSSR count). The highest BCUT2D eigenvalue weighted by Gasteiger charge is 2.28. The van der Waals surface area contributed by atoms with Gasteiger partial charge in [0.05, 0.1) is 9.26 Å². The number of nitrogens with two attached hydrogens (primary N) is 1. The predicted octanol–water partition coefficient (Wildman–Crippen LogP) is 2.43. The lowest BCUT2D eigenvalue weighted by Gasteiger charge is -2.17. The molecular formula is C13H21IN4. The van der Waals surface area contributed by atoms with Gasteiger partial charge in [-0.05, 0) is 48.5 Å². The van der Waals surface area contributed by atoms with E-state index < -0.39 is 0 Å². The Labute approximate surface area is 123 Å². The summed E-state index contributed by atoms with van der Waals surface area (Å²) in [5.74, 6) is 2.19. The molecule has 1 saturated carbocycles. The number of hydrogen-bond donors (Lipinski definition) is 1. The molecule has 1 aromatic rings. The van der Waals surface area contributed by atoms with Crippen LogP contribution in [0.5, 0.6) is 0 Å². The first kappa shape index (κ1) is 14.0. The Hall–Kier alpha value is -0.430. The van der Waals surface area contributed by atoms with E-state index in [0.717, 1.165) is 35.4 Å². The highest BCUT2D eigenvalue weighted by atomic mass is 127. The molecule has 100 valence electrons. The molecule has 0 aromatic carbocycles. The van der Waals surface area contributed by atoms with Crippen LogP contribution in [0.2, 0.25) is 0 Å². The van der Waals surface area contributed by atoms with Crippen molar-refractivity contribution in [3.63, 3.8) is 0 Å². The van der Waals surface area contributed by atoms with E-state index in [1.165, 1.54) is 18.5 Å². The van der Waals surface area contributed by atoms with Crippen LogP contribution in [0.25, 0.3) is 0 Å². The molecular weight excluding hydrogens is 339 g/mol. The lowest BCUT2D eigenvalue weighted by Crippen LogP contribution is -2.26. The highest BCUT2D eigenvalue weighted by Crippen LogP contribution is 2.41. The molecule has 1 heterocycles. The van der Waals surface area contributed by atoms with Crippen molar-refractivity contribution < 1.29 is 0 Å². The Kier molecular flexibility index (Phi) is 4.77. The first-order chi connectivity index (χ1) is 8.65. The van der Waals surface area contributed by atoms with Crippen LogP contribution in [0.3, 0.4) is 0 Å². The second-order valence-electron chi connectivity index (χ2n) is 4.78.